The number of nitrogens with zero attached hydrogens (tertiary/aromatic N) is 3. The van der Waals surface area contributed by atoms with Crippen molar-refractivity contribution in [2.24, 2.45) is 0 Å². The second-order valence-corrected chi connectivity index (χ2v) is 10.5. The lowest BCUT2D eigenvalue weighted by Gasteiger charge is -2.30. The van der Waals surface area contributed by atoms with E-state index in [4.69, 9.17) is 4.74 Å². The first kappa shape index (κ1) is 25.7. The van der Waals surface area contributed by atoms with Gasteiger partial charge >= 0.3 is 0 Å². The van der Waals surface area contributed by atoms with Gasteiger partial charge in [0.2, 0.25) is 0 Å². The molecule has 0 bridgehead atoms. The van der Waals surface area contributed by atoms with Gasteiger partial charge in [0.15, 0.2) is 0 Å². The highest BCUT2D eigenvalue weighted by atomic mass is 16.5. The third-order valence-electron chi connectivity index (χ3n) is 7.63. The van der Waals surface area contributed by atoms with Crippen LogP contribution in [0.1, 0.15) is 28.8 Å². The molecular formula is C32H34N6O2. The van der Waals surface area contributed by atoms with Crippen LogP contribution in [0.25, 0.3) is 22.2 Å². The SMILES string of the molecule is COc1cc(NC2CCN(C)CC2)ccc1C(=O)Nc1cc(-c2ccc3ccn(Cc4ccccc4)c3c2)n[nH]1. The van der Waals surface area contributed by atoms with Crippen LogP contribution >= 0.6 is 0 Å². The van der Waals surface area contributed by atoms with E-state index >= 15 is 0 Å². The normalized spacial score (nSPS) is 14.3. The standard InChI is InChI=1S/C32H34N6O2/c1-37-15-13-25(14-16-37)33-26-10-11-27(30(19-26)40-2)32(39)34-31-20-28(35-36-31)24-9-8-23-12-17-38(29(23)18-24)21-22-6-4-3-5-7-22/h3-12,17-20,25,33H,13-16,21H2,1-2H3,(H2,34,35,36,39). The number of carbonyl (C=O) groups is 1. The molecule has 3 aromatic carbocycles. The number of aromatic nitrogens is 3. The molecule has 5 aromatic rings. The zero-order chi connectivity index (χ0) is 27.5. The number of methoxy groups -OCH3 is 1. The van der Waals surface area contributed by atoms with Crippen LogP contribution in [0.2, 0.25) is 0 Å². The predicted octanol–water partition coefficient (Wildman–Crippen LogP) is 5.85. The number of H-pyrrole nitrogens is 1. The number of ether oxygens (including phenoxy) is 1. The molecule has 1 aliphatic heterocycles. The van der Waals surface area contributed by atoms with E-state index in [1.165, 1.54) is 10.9 Å². The van der Waals surface area contributed by atoms with E-state index in [9.17, 15) is 4.79 Å². The monoisotopic (exact) mass is 534 g/mol. The fraction of sp³-hybridized carbons (Fsp3) is 0.250. The molecule has 3 N–H and O–H groups in total. The molecule has 0 radical (unpaired) electrons. The van der Waals surface area contributed by atoms with Crippen molar-refractivity contribution in [1.82, 2.24) is 19.7 Å². The minimum absolute atomic E-state index is 0.259. The summed E-state index contributed by atoms with van der Waals surface area (Å²) in [5, 5.41) is 15.1. The molecule has 8 heteroatoms. The van der Waals surface area contributed by atoms with Crippen LogP contribution in [0.5, 0.6) is 5.75 Å². The molecule has 8 nitrogen and oxygen atoms in total. The first-order valence-electron chi connectivity index (χ1n) is 13.7. The highest BCUT2D eigenvalue weighted by Gasteiger charge is 2.19. The molecule has 0 atom stereocenters. The molecule has 0 spiro atoms. The number of carbonyl (C=O) groups excluding carboxylic acids is 1. The molecule has 1 fully saturated rings. The largest absolute Gasteiger partial charge is 0.496 e. The molecule has 1 saturated heterocycles. The summed E-state index contributed by atoms with van der Waals surface area (Å²) in [5.41, 5.74) is 5.53. The quantitative estimate of drug-likeness (QED) is 0.233. The van der Waals surface area contributed by atoms with E-state index < -0.39 is 0 Å². The molecular weight excluding hydrogens is 500 g/mol. The molecule has 40 heavy (non-hydrogen) atoms. The Morgan fingerprint density at radius 2 is 1.85 bits per heavy atom. The van der Waals surface area contributed by atoms with Gasteiger partial charge in [0, 0.05) is 47.7 Å². The summed E-state index contributed by atoms with van der Waals surface area (Å²) in [6.07, 6.45) is 4.30. The predicted molar refractivity (Wildman–Crippen MR) is 160 cm³/mol. The highest BCUT2D eigenvalue weighted by Crippen LogP contribution is 2.28. The molecule has 2 aromatic heterocycles. The Bertz CT molecular complexity index is 1620. The van der Waals surface area contributed by atoms with Gasteiger partial charge in [-0.25, -0.2) is 0 Å². The Kier molecular flexibility index (Phi) is 7.25. The Labute approximate surface area is 234 Å². The number of hydrogen-bond donors (Lipinski definition) is 3. The van der Waals surface area contributed by atoms with Crippen molar-refractivity contribution in [3.05, 3.63) is 96.2 Å². The van der Waals surface area contributed by atoms with Crippen molar-refractivity contribution in [2.75, 3.05) is 37.9 Å². The van der Waals surface area contributed by atoms with Gasteiger partial charge in [-0.2, -0.15) is 5.10 Å². The van der Waals surface area contributed by atoms with Crippen molar-refractivity contribution in [1.29, 1.82) is 0 Å². The van der Waals surface area contributed by atoms with Gasteiger partial charge in [0.1, 0.15) is 11.6 Å². The second-order valence-electron chi connectivity index (χ2n) is 10.5. The third kappa shape index (κ3) is 5.58. The van der Waals surface area contributed by atoms with Gasteiger partial charge in [-0.1, -0.05) is 42.5 Å². The van der Waals surface area contributed by atoms with E-state index in [0.717, 1.165) is 54.9 Å². The number of rotatable bonds is 8. The van der Waals surface area contributed by atoms with Crippen molar-refractivity contribution in [3.63, 3.8) is 0 Å². The fourth-order valence-corrected chi connectivity index (χ4v) is 5.34. The summed E-state index contributed by atoms with van der Waals surface area (Å²) in [5.74, 6) is 0.792. The number of aromatic amines is 1. The minimum Gasteiger partial charge on any atom is -0.496 e. The molecule has 3 heterocycles. The summed E-state index contributed by atoms with van der Waals surface area (Å²) < 4.78 is 7.81. The Hall–Kier alpha value is -4.56. The lowest BCUT2D eigenvalue weighted by Crippen LogP contribution is -2.36. The number of hydrogen-bond acceptors (Lipinski definition) is 5. The first-order chi connectivity index (χ1) is 19.6. The van der Waals surface area contributed by atoms with Gasteiger partial charge < -0.3 is 24.8 Å². The lowest BCUT2D eigenvalue weighted by molar-refractivity contribution is 0.102. The van der Waals surface area contributed by atoms with E-state index in [1.807, 2.05) is 24.3 Å². The van der Waals surface area contributed by atoms with Gasteiger partial charge in [-0.15, -0.1) is 0 Å². The summed E-state index contributed by atoms with van der Waals surface area (Å²) in [7, 11) is 3.74. The molecule has 0 saturated carbocycles. The van der Waals surface area contributed by atoms with Crippen LogP contribution in [-0.2, 0) is 6.54 Å². The molecule has 1 amide bonds. The maximum atomic E-state index is 13.2. The van der Waals surface area contributed by atoms with Crippen LogP contribution in [0.4, 0.5) is 11.5 Å². The summed E-state index contributed by atoms with van der Waals surface area (Å²) in [6.45, 7) is 2.95. The van der Waals surface area contributed by atoms with E-state index in [1.54, 1.807) is 13.2 Å². The molecule has 1 aliphatic rings. The van der Waals surface area contributed by atoms with Crippen LogP contribution < -0.4 is 15.4 Å². The molecule has 0 unspecified atom stereocenters. The molecule has 204 valence electrons. The van der Waals surface area contributed by atoms with Crippen molar-refractivity contribution >= 4 is 28.3 Å². The summed E-state index contributed by atoms with van der Waals surface area (Å²) in [4.78, 5) is 15.5. The number of piperidine rings is 1. The lowest BCUT2D eigenvalue weighted by atomic mass is 10.0. The number of amides is 1. The number of anilines is 2. The van der Waals surface area contributed by atoms with Crippen LogP contribution in [0.3, 0.4) is 0 Å². The van der Waals surface area contributed by atoms with Gasteiger partial charge in [0.05, 0.1) is 18.4 Å². The van der Waals surface area contributed by atoms with Crippen LogP contribution in [-0.4, -0.2) is 58.9 Å². The minimum atomic E-state index is -0.259. The van der Waals surface area contributed by atoms with Crippen LogP contribution in [0.15, 0.2) is 85.1 Å². The average Bonchev–Trinajstić information content (AvgIpc) is 3.61. The zero-order valence-electron chi connectivity index (χ0n) is 22.9. The van der Waals surface area contributed by atoms with Crippen LogP contribution in [0, 0.1) is 0 Å². The average molecular weight is 535 g/mol. The Morgan fingerprint density at radius 3 is 2.65 bits per heavy atom. The second kappa shape index (κ2) is 11.3. The summed E-state index contributed by atoms with van der Waals surface area (Å²) >= 11 is 0. The number of nitrogens with one attached hydrogen (secondary N) is 3. The van der Waals surface area contributed by atoms with Crippen molar-refractivity contribution < 1.29 is 9.53 Å². The van der Waals surface area contributed by atoms with Gasteiger partial charge in [-0.3, -0.25) is 9.89 Å². The fourth-order valence-electron chi connectivity index (χ4n) is 5.34. The third-order valence-corrected chi connectivity index (χ3v) is 7.63. The number of fused-ring (bicyclic) bond motifs is 1. The Balaban J connectivity index is 1.16. The maximum Gasteiger partial charge on any atom is 0.260 e. The zero-order valence-corrected chi connectivity index (χ0v) is 22.9. The van der Waals surface area contributed by atoms with E-state index in [-0.39, 0.29) is 5.91 Å². The smallest absolute Gasteiger partial charge is 0.260 e. The number of benzene rings is 3. The molecule has 0 aliphatic carbocycles. The molecule has 6 rings (SSSR count). The maximum absolute atomic E-state index is 13.2. The van der Waals surface area contributed by atoms with Crippen molar-refractivity contribution in [2.45, 2.75) is 25.4 Å². The van der Waals surface area contributed by atoms with E-state index in [0.29, 0.717) is 23.2 Å². The van der Waals surface area contributed by atoms with E-state index in [2.05, 4.69) is 92.1 Å². The van der Waals surface area contributed by atoms with Gasteiger partial charge in [0.25, 0.3) is 5.91 Å². The van der Waals surface area contributed by atoms with Crippen molar-refractivity contribution in [3.8, 4) is 17.0 Å². The first-order valence-corrected chi connectivity index (χ1v) is 13.7. The number of likely N-dealkylation sites (tertiary alicyclic amines) is 1. The van der Waals surface area contributed by atoms with Gasteiger partial charge in [-0.05, 0) is 68.2 Å². The highest BCUT2D eigenvalue weighted by molar-refractivity contribution is 6.06. The Morgan fingerprint density at radius 1 is 1.02 bits per heavy atom. The summed E-state index contributed by atoms with van der Waals surface area (Å²) in [6, 6.07) is 26.7. The topological polar surface area (TPSA) is 87.2 Å².